The number of nitrogens with zero attached hydrogens (tertiary/aromatic N) is 2. The maximum absolute atomic E-state index is 12.5. The van der Waals surface area contributed by atoms with Gasteiger partial charge in [0.2, 0.25) is 5.91 Å². The number of rotatable bonds is 5. The fourth-order valence-electron chi connectivity index (χ4n) is 2.90. The van der Waals surface area contributed by atoms with E-state index in [0.717, 1.165) is 12.7 Å². The predicted molar refractivity (Wildman–Crippen MR) is 72.6 cm³/mol. The van der Waals surface area contributed by atoms with Crippen molar-refractivity contribution in [2.75, 3.05) is 26.0 Å². The number of carboxylic acid groups (broad SMARTS) is 1. The van der Waals surface area contributed by atoms with E-state index in [4.69, 9.17) is 4.18 Å². The van der Waals surface area contributed by atoms with Crippen molar-refractivity contribution in [3.8, 4) is 0 Å². The van der Waals surface area contributed by atoms with Crippen LogP contribution >= 0.6 is 0 Å². The van der Waals surface area contributed by atoms with Crippen molar-refractivity contribution in [2.24, 2.45) is 5.41 Å². The highest BCUT2D eigenvalue weighted by Crippen LogP contribution is 2.37. The fourth-order valence-corrected chi connectivity index (χ4v) is 3.28. The van der Waals surface area contributed by atoms with Crippen molar-refractivity contribution in [2.45, 2.75) is 32.2 Å². The molecule has 2 rings (SSSR count). The average molecular weight is 320 g/mol. The molecule has 2 saturated heterocycles. The highest BCUT2D eigenvalue weighted by atomic mass is 32.2. The molecule has 1 N–H and O–H groups in total. The summed E-state index contributed by atoms with van der Waals surface area (Å²) >= 11 is 0. The normalized spacial score (nSPS) is 30.5. The van der Waals surface area contributed by atoms with Crippen molar-refractivity contribution >= 4 is 22.0 Å². The molecule has 9 heteroatoms. The minimum atomic E-state index is -3.54. The molecule has 2 fully saturated rings. The van der Waals surface area contributed by atoms with Crippen LogP contribution in [0.3, 0.4) is 0 Å². The molecule has 2 aliphatic rings. The first-order valence-corrected chi connectivity index (χ1v) is 8.61. The van der Waals surface area contributed by atoms with E-state index in [0.29, 0.717) is 19.5 Å². The van der Waals surface area contributed by atoms with Gasteiger partial charge in [-0.2, -0.15) is 8.42 Å². The largest absolute Gasteiger partial charge is 0.480 e. The van der Waals surface area contributed by atoms with Crippen molar-refractivity contribution in [1.29, 1.82) is 0 Å². The first-order valence-electron chi connectivity index (χ1n) is 6.80. The van der Waals surface area contributed by atoms with E-state index in [1.54, 1.807) is 11.9 Å². The summed E-state index contributed by atoms with van der Waals surface area (Å²) in [4.78, 5) is 23.8. The van der Waals surface area contributed by atoms with Gasteiger partial charge in [0.1, 0.15) is 6.04 Å². The molecule has 2 aliphatic heterocycles. The Morgan fingerprint density at radius 2 is 2.19 bits per heavy atom. The number of fused-ring (bicyclic) bond motifs is 1. The third kappa shape index (κ3) is 3.35. The number of carbonyl (C=O) groups excluding carboxylic acids is 1. The molecule has 2 unspecified atom stereocenters. The Labute approximate surface area is 123 Å². The first kappa shape index (κ1) is 16.2. The fraction of sp³-hybridized carbons (Fsp3) is 0.833. The Bertz CT molecular complexity index is 548. The first-order chi connectivity index (χ1) is 9.64. The van der Waals surface area contributed by atoms with Gasteiger partial charge < -0.3 is 5.11 Å². The second-order valence-electron chi connectivity index (χ2n) is 5.87. The van der Waals surface area contributed by atoms with Gasteiger partial charge in [0.25, 0.3) is 10.1 Å². The number of amides is 1. The minimum absolute atomic E-state index is 0.0828. The molecule has 0 spiro atoms. The van der Waals surface area contributed by atoms with Crippen LogP contribution in [-0.4, -0.2) is 67.4 Å². The van der Waals surface area contributed by atoms with E-state index in [1.165, 1.54) is 5.01 Å². The predicted octanol–water partition coefficient (Wildman–Crippen LogP) is -0.335. The van der Waals surface area contributed by atoms with Crippen LogP contribution < -0.4 is 0 Å². The average Bonchev–Trinajstić information content (AvgIpc) is 2.60. The van der Waals surface area contributed by atoms with Crippen LogP contribution in [-0.2, 0) is 23.9 Å². The van der Waals surface area contributed by atoms with Crippen LogP contribution in [0.2, 0.25) is 0 Å². The van der Waals surface area contributed by atoms with E-state index in [2.05, 4.69) is 0 Å². The van der Waals surface area contributed by atoms with Gasteiger partial charge in [-0.25, -0.2) is 9.80 Å². The Balaban J connectivity index is 2.09. The molecular formula is C12H20N2O6S. The summed E-state index contributed by atoms with van der Waals surface area (Å²) in [7, 11) is -3.54. The monoisotopic (exact) mass is 320 g/mol. The lowest BCUT2D eigenvalue weighted by Gasteiger charge is -2.37. The lowest BCUT2D eigenvalue weighted by molar-refractivity contribution is -0.166. The lowest BCUT2D eigenvalue weighted by Crippen LogP contribution is -2.53. The third-order valence-corrected chi connectivity index (χ3v) is 4.58. The van der Waals surface area contributed by atoms with Crippen molar-refractivity contribution in [1.82, 2.24) is 10.0 Å². The maximum atomic E-state index is 12.5. The summed E-state index contributed by atoms with van der Waals surface area (Å²) in [6.07, 6.45) is 2.35. The van der Waals surface area contributed by atoms with Crippen LogP contribution in [0, 0.1) is 5.41 Å². The van der Waals surface area contributed by atoms with Crippen molar-refractivity contribution < 1.29 is 27.3 Å². The van der Waals surface area contributed by atoms with E-state index in [9.17, 15) is 23.1 Å². The Morgan fingerprint density at radius 1 is 1.52 bits per heavy atom. The number of carboxylic acids is 1. The molecule has 21 heavy (non-hydrogen) atoms. The molecular weight excluding hydrogens is 300 g/mol. The van der Waals surface area contributed by atoms with Gasteiger partial charge in [-0.3, -0.25) is 14.0 Å². The molecule has 0 bridgehead atoms. The number of carbonyl (C=O) groups is 2. The van der Waals surface area contributed by atoms with Crippen LogP contribution in [0.15, 0.2) is 0 Å². The summed E-state index contributed by atoms with van der Waals surface area (Å²) < 4.78 is 26.7. The molecule has 0 aromatic rings. The van der Waals surface area contributed by atoms with Gasteiger partial charge in [-0.1, -0.05) is 0 Å². The van der Waals surface area contributed by atoms with Crippen LogP contribution in [0.4, 0.5) is 0 Å². The molecule has 1 amide bonds. The van der Waals surface area contributed by atoms with Gasteiger partial charge in [-0.15, -0.1) is 0 Å². The number of hydrogen-bond donors (Lipinski definition) is 1. The highest BCUT2D eigenvalue weighted by molar-refractivity contribution is 7.85. The SMILES string of the molecule is CC1(CCOS(C)(=O)=O)CN2CCCC(C(=O)O)N2C1=O. The Morgan fingerprint density at radius 3 is 2.76 bits per heavy atom. The topological polar surface area (TPSA) is 104 Å². The van der Waals surface area contributed by atoms with Crippen LogP contribution in [0.25, 0.3) is 0 Å². The zero-order valence-corrected chi connectivity index (χ0v) is 12.9. The summed E-state index contributed by atoms with van der Waals surface area (Å²) in [5, 5.41) is 12.3. The van der Waals surface area contributed by atoms with E-state index in [-0.39, 0.29) is 18.9 Å². The van der Waals surface area contributed by atoms with Crippen LogP contribution in [0.5, 0.6) is 0 Å². The molecule has 0 aromatic heterocycles. The summed E-state index contributed by atoms with van der Waals surface area (Å²) in [6, 6.07) is -0.830. The van der Waals surface area contributed by atoms with Gasteiger partial charge in [0.05, 0.1) is 18.3 Å². The smallest absolute Gasteiger partial charge is 0.328 e. The number of hydrazine groups is 1. The molecule has 8 nitrogen and oxygen atoms in total. The maximum Gasteiger partial charge on any atom is 0.328 e. The molecule has 2 heterocycles. The van der Waals surface area contributed by atoms with Crippen LogP contribution in [0.1, 0.15) is 26.2 Å². The number of aliphatic carboxylic acids is 1. The summed E-state index contributed by atoms with van der Waals surface area (Å²) in [5.74, 6) is -1.28. The molecule has 2 atom stereocenters. The lowest BCUT2D eigenvalue weighted by atomic mass is 9.87. The quantitative estimate of drug-likeness (QED) is 0.691. The Kier molecular flexibility index (Phi) is 4.27. The van der Waals surface area contributed by atoms with E-state index >= 15 is 0 Å². The Hall–Kier alpha value is -1.19. The minimum Gasteiger partial charge on any atom is -0.480 e. The molecule has 0 radical (unpaired) electrons. The second-order valence-corrected chi connectivity index (χ2v) is 7.51. The van der Waals surface area contributed by atoms with Gasteiger partial charge in [0, 0.05) is 13.1 Å². The van der Waals surface area contributed by atoms with Gasteiger partial charge >= 0.3 is 5.97 Å². The molecule has 0 aliphatic carbocycles. The van der Waals surface area contributed by atoms with Gasteiger partial charge in [0.15, 0.2) is 0 Å². The third-order valence-electron chi connectivity index (χ3n) is 3.99. The number of hydrogen-bond acceptors (Lipinski definition) is 6. The zero-order chi connectivity index (χ0) is 15.8. The van der Waals surface area contributed by atoms with Crippen molar-refractivity contribution in [3.63, 3.8) is 0 Å². The summed E-state index contributed by atoms with van der Waals surface area (Å²) in [5.41, 5.74) is -0.817. The standard InChI is InChI=1S/C12H20N2O6S/c1-12(5-7-20-21(2,18)19)8-13-6-3-4-9(10(15)16)14(13)11(12)17/h9H,3-8H2,1-2H3,(H,15,16). The highest BCUT2D eigenvalue weighted by Gasteiger charge is 2.52. The second kappa shape index (κ2) is 5.54. The van der Waals surface area contributed by atoms with Gasteiger partial charge in [-0.05, 0) is 26.2 Å². The summed E-state index contributed by atoms with van der Waals surface area (Å²) in [6.45, 7) is 2.67. The van der Waals surface area contributed by atoms with Crippen molar-refractivity contribution in [3.05, 3.63) is 0 Å². The zero-order valence-electron chi connectivity index (χ0n) is 12.1. The van der Waals surface area contributed by atoms with E-state index in [1.807, 2.05) is 0 Å². The molecule has 120 valence electrons. The molecule has 0 aromatic carbocycles. The van der Waals surface area contributed by atoms with E-state index < -0.39 is 27.5 Å². The molecule has 0 saturated carbocycles.